The highest BCUT2D eigenvalue weighted by atomic mass is 127. The molecular weight excluding hydrogens is 451 g/mol. The fraction of sp³-hybridized carbons (Fsp3) is 0.524. The zero-order chi connectivity index (χ0) is 18.4. The number of guanidine groups is 1. The number of hydrogen-bond donors (Lipinski definition) is 1. The molecule has 0 unspecified atom stereocenters. The van der Waals surface area contributed by atoms with Gasteiger partial charge in [0.05, 0.1) is 5.69 Å². The van der Waals surface area contributed by atoms with Crippen LogP contribution in [0.2, 0.25) is 0 Å². The predicted molar refractivity (Wildman–Crippen MR) is 121 cm³/mol. The second-order valence-corrected chi connectivity index (χ2v) is 7.04. The molecule has 6 heteroatoms. The van der Waals surface area contributed by atoms with Crippen molar-refractivity contribution in [3.05, 3.63) is 53.2 Å². The van der Waals surface area contributed by atoms with E-state index in [2.05, 4.69) is 52.5 Å². The predicted octanol–water partition coefficient (Wildman–Crippen LogP) is 4.33. The Labute approximate surface area is 179 Å². The highest BCUT2D eigenvalue weighted by Crippen LogP contribution is 2.22. The van der Waals surface area contributed by atoms with Gasteiger partial charge in [-0.25, -0.2) is 9.98 Å². The van der Waals surface area contributed by atoms with Crippen molar-refractivity contribution in [3.8, 4) is 0 Å². The van der Waals surface area contributed by atoms with Gasteiger partial charge in [0.15, 0.2) is 5.96 Å². The van der Waals surface area contributed by atoms with Gasteiger partial charge in [-0.15, -0.1) is 24.0 Å². The Bertz CT molecular complexity index is 702. The molecule has 5 nitrogen and oxygen atoms in total. The van der Waals surface area contributed by atoms with Gasteiger partial charge in [0, 0.05) is 19.6 Å². The van der Waals surface area contributed by atoms with E-state index >= 15 is 0 Å². The lowest BCUT2D eigenvalue weighted by Gasteiger charge is -2.34. The Morgan fingerprint density at radius 2 is 1.93 bits per heavy atom. The van der Waals surface area contributed by atoms with Crippen LogP contribution in [0, 0.1) is 19.8 Å². The molecule has 1 aliphatic heterocycles. The van der Waals surface area contributed by atoms with Crippen molar-refractivity contribution < 1.29 is 4.42 Å². The number of nitrogens with one attached hydrogen (secondary N) is 1. The molecule has 27 heavy (non-hydrogen) atoms. The molecule has 1 N–H and O–H groups in total. The first-order valence-corrected chi connectivity index (χ1v) is 9.65. The highest BCUT2D eigenvalue weighted by Gasteiger charge is 2.21. The van der Waals surface area contributed by atoms with E-state index in [-0.39, 0.29) is 24.0 Å². The van der Waals surface area contributed by atoms with E-state index in [9.17, 15) is 0 Å². The van der Waals surface area contributed by atoms with E-state index in [1.165, 1.54) is 24.8 Å². The van der Waals surface area contributed by atoms with Crippen LogP contribution >= 0.6 is 24.0 Å². The Morgan fingerprint density at radius 3 is 2.52 bits per heavy atom. The largest absolute Gasteiger partial charge is 0.444 e. The van der Waals surface area contributed by atoms with Crippen molar-refractivity contribution in [1.82, 2.24) is 15.2 Å². The van der Waals surface area contributed by atoms with Crippen LogP contribution < -0.4 is 5.32 Å². The van der Waals surface area contributed by atoms with E-state index in [0.717, 1.165) is 43.0 Å². The van der Waals surface area contributed by atoms with E-state index in [1.807, 2.05) is 13.8 Å². The summed E-state index contributed by atoms with van der Waals surface area (Å²) in [6.07, 6.45) is 3.59. The average Bonchev–Trinajstić information content (AvgIpc) is 2.98. The van der Waals surface area contributed by atoms with Gasteiger partial charge in [0.25, 0.3) is 0 Å². The third-order valence-corrected chi connectivity index (χ3v) is 5.05. The van der Waals surface area contributed by atoms with E-state index in [1.54, 1.807) is 0 Å². The lowest BCUT2D eigenvalue weighted by Crippen LogP contribution is -2.45. The van der Waals surface area contributed by atoms with E-state index in [4.69, 9.17) is 9.41 Å². The standard InChI is InChI=1S/C21H30N4O.HI/c1-4-22-21(23-15-20-24-16(2)17(3)26-20)25-12-10-19(11-13-25)14-18-8-6-5-7-9-18;/h5-9,19H,4,10-15H2,1-3H3,(H,22,23);1H. The number of aromatic nitrogens is 1. The van der Waals surface area contributed by atoms with Crippen molar-refractivity contribution in [2.24, 2.45) is 10.9 Å². The number of oxazole rings is 1. The monoisotopic (exact) mass is 482 g/mol. The lowest BCUT2D eigenvalue weighted by atomic mass is 9.90. The number of likely N-dealkylation sites (tertiary alicyclic amines) is 1. The molecule has 0 amide bonds. The molecule has 2 heterocycles. The Kier molecular flexibility index (Phi) is 8.60. The molecule has 0 radical (unpaired) electrons. The van der Waals surface area contributed by atoms with Crippen LogP contribution in [-0.2, 0) is 13.0 Å². The summed E-state index contributed by atoms with van der Waals surface area (Å²) >= 11 is 0. The second kappa shape index (κ2) is 10.7. The van der Waals surface area contributed by atoms with Crippen LogP contribution in [0.25, 0.3) is 0 Å². The van der Waals surface area contributed by atoms with Crippen molar-refractivity contribution in [3.63, 3.8) is 0 Å². The maximum absolute atomic E-state index is 5.65. The van der Waals surface area contributed by atoms with Crippen LogP contribution in [0.4, 0.5) is 0 Å². The summed E-state index contributed by atoms with van der Waals surface area (Å²) in [5.41, 5.74) is 2.39. The number of rotatable bonds is 5. The Hall–Kier alpha value is -1.57. The van der Waals surface area contributed by atoms with Crippen LogP contribution in [0.3, 0.4) is 0 Å². The Balaban J connectivity index is 0.00000261. The fourth-order valence-electron chi connectivity index (χ4n) is 3.47. The number of benzene rings is 1. The second-order valence-electron chi connectivity index (χ2n) is 7.04. The van der Waals surface area contributed by atoms with Gasteiger partial charge in [-0.05, 0) is 51.5 Å². The first-order chi connectivity index (χ1) is 12.7. The first kappa shape index (κ1) is 21.7. The zero-order valence-corrected chi connectivity index (χ0v) is 18.9. The molecule has 0 bridgehead atoms. The SMILES string of the molecule is CCNC(=NCc1nc(C)c(C)o1)N1CCC(Cc2ccccc2)CC1.I. The Morgan fingerprint density at radius 1 is 1.22 bits per heavy atom. The van der Waals surface area contributed by atoms with Gasteiger partial charge in [0.1, 0.15) is 12.3 Å². The number of nitrogens with zero attached hydrogens (tertiary/aromatic N) is 3. The van der Waals surface area contributed by atoms with Gasteiger partial charge >= 0.3 is 0 Å². The van der Waals surface area contributed by atoms with Gasteiger partial charge < -0.3 is 14.6 Å². The summed E-state index contributed by atoms with van der Waals surface area (Å²) in [4.78, 5) is 11.5. The number of piperidine rings is 1. The van der Waals surface area contributed by atoms with Crippen LogP contribution in [-0.4, -0.2) is 35.5 Å². The smallest absolute Gasteiger partial charge is 0.216 e. The normalized spacial score (nSPS) is 15.5. The molecule has 148 valence electrons. The average molecular weight is 482 g/mol. The molecular formula is C21H31IN4O. The fourth-order valence-corrected chi connectivity index (χ4v) is 3.47. The zero-order valence-electron chi connectivity index (χ0n) is 16.6. The summed E-state index contributed by atoms with van der Waals surface area (Å²) in [5.74, 6) is 3.30. The molecule has 0 saturated carbocycles. The topological polar surface area (TPSA) is 53.7 Å². The number of aliphatic imine (C=N–C) groups is 1. The molecule has 0 spiro atoms. The van der Waals surface area contributed by atoms with Gasteiger partial charge in [-0.3, -0.25) is 0 Å². The summed E-state index contributed by atoms with van der Waals surface area (Å²) in [6, 6.07) is 10.8. The molecule has 0 atom stereocenters. The summed E-state index contributed by atoms with van der Waals surface area (Å²) < 4.78 is 5.65. The van der Waals surface area contributed by atoms with Gasteiger partial charge in [-0.2, -0.15) is 0 Å². The molecule has 1 aromatic heterocycles. The quantitative estimate of drug-likeness (QED) is 0.392. The molecule has 1 fully saturated rings. The van der Waals surface area contributed by atoms with Gasteiger partial charge in [-0.1, -0.05) is 30.3 Å². The van der Waals surface area contributed by atoms with E-state index < -0.39 is 0 Å². The molecule has 1 aliphatic rings. The maximum Gasteiger partial charge on any atom is 0.216 e. The number of hydrogen-bond acceptors (Lipinski definition) is 3. The minimum absolute atomic E-state index is 0. The summed E-state index contributed by atoms with van der Waals surface area (Å²) in [7, 11) is 0. The molecule has 0 aliphatic carbocycles. The minimum Gasteiger partial charge on any atom is -0.444 e. The lowest BCUT2D eigenvalue weighted by molar-refractivity contribution is 0.258. The van der Waals surface area contributed by atoms with Crippen molar-refractivity contribution in [2.45, 2.75) is 46.6 Å². The minimum atomic E-state index is 0. The third-order valence-electron chi connectivity index (χ3n) is 5.05. The number of aryl methyl sites for hydroxylation is 2. The van der Waals surface area contributed by atoms with E-state index in [0.29, 0.717) is 12.4 Å². The van der Waals surface area contributed by atoms with Gasteiger partial charge in [0.2, 0.25) is 5.89 Å². The van der Waals surface area contributed by atoms with Crippen LogP contribution in [0.1, 0.15) is 42.7 Å². The number of halogens is 1. The molecule has 1 aromatic carbocycles. The first-order valence-electron chi connectivity index (χ1n) is 9.65. The molecule has 1 saturated heterocycles. The summed E-state index contributed by atoms with van der Waals surface area (Å²) in [5, 5.41) is 3.42. The maximum atomic E-state index is 5.65. The van der Waals surface area contributed by atoms with Crippen molar-refractivity contribution in [1.29, 1.82) is 0 Å². The third kappa shape index (κ3) is 6.23. The van der Waals surface area contributed by atoms with Crippen LogP contribution in [0.5, 0.6) is 0 Å². The van der Waals surface area contributed by atoms with Crippen molar-refractivity contribution >= 4 is 29.9 Å². The molecule has 2 aromatic rings. The van der Waals surface area contributed by atoms with Crippen LogP contribution in [0.15, 0.2) is 39.7 Å². The summed E-state index contributed by atoms with van der Waals surface area (Å²) in [6.45, 7) is 9.47. The van der Waals surface area contributed by atoms with Crippen molar-refractivity contribution in [2.75, 3.05) is 19.6 Å². The highest BCUT2D eigenvalue weighted by molar-refractivity contribution is 14.0. The molecule has 3 rings (SSSR count).